The molecule has 1 unspecified atom stereocenters. The number of rotatable bonds is 6. The van der Waals surface area contributed by atoms with Gasteiger partial charge in [0.05, 0.1) is 23.4 Å². The molecule has 1 aliphatic heterocycles. The second-order valence-corrected chi connectivity index (χ2v) is 7.99. The summed E-state index contributed by atoms with van der Waals surface area (Å²) in [4.78, 5) is 0. The SMILES string of the molecule is CCC1(CCCOC=C(C)C)CCCCS1(=O)=O. The number of ether oxygens (including phenoxy) is 1. The molecule has 0 bridgehead atoms. The minimum absolute atomic E-state index is 0.371. The van der Waals surface area contributed by atoms with Crippen LogP contribution in [0.15, 0.2) is 11.8 Å². The van der Waals surface area contributed by atoms with E-state index in [1.54, 1.807) is 6.26 Å². The predicted octanol–water partition coefficient (Wildman–Crippen LogP) is 3.45. The summed E-state index contributed by atoms with van der Waals surface area (Å²) in [5.74, 6) is 0.371. The lowest BCUT2D eigenvalue weighted by Crippen LogP contribution is -2.42. The number of hydrogen-bond donors (Lipinski definition) is 0. The van der Waals surface area contributed by atoms with E-state index >= 15 is 0 Å². The van der Waals surface area contributed by atoms with Crippen LogP contribution in [0.3, 0.4) is 0 Å². The average molecular weight is 274 g/mol. The van der Waals surface area contributed by atoms with Gasteiger partial charge in [0, 0.05) is 0 Å². The first-order valence-electron chi connectivity index (χ1n) is 6.91. The van der Waals surface area contributed by atoms with E-state index in [2.05, 4.69) is 0 Å². The van der Waals surface area contributed by atoms with Crippen LogP contribution in [-0.2, 0) is 14.6 Å². The van der Waals surface area contributed by atoms with Crippen molar-refractivity contribution in [2.45, 2.75) is 64.0 Å². The Morgan fingerprint density at radius 3 is 2.61 bits per heavy atom. The van der Waals surface area contributed by atoms with Gasteiger partial charge >= 0.3 is 0 Å². The van der Waals surface area contributed by atoms with Crippen molar-refractivity contribution in [1.29, 1.82) is 0 Å². The van der Waals surface area contributed by atoms with Crippen LogP contribution in [0.2, 0.25) is 0 Å². The summed E-state index contributed by atoms with van der Waals surface area (Å²) in [7, 11) is -2.91. The summed E-state index contributed by atoms with van der Waals surface area (Å²) in [6.07, 6.45) is 6.74. The molecule has 0 aromatic carbocycles. The molecule has 0 aromatic rings. The molecule has 1 aliphatic rings. The van der Waals surface area contributed by atoms with E-state index in [1.807, 2.05) is 20.8 Å². The lowest BCUT2D eigenvalue weighted by atomic mass is 9.93. The quantitative estimate of drug-likeness (QED) is 0.550. The summed E-state index contributed by atoms with van der Waals surface area (Å²) >= 11 is 0. The van der Waals surface area contributed by atoms with Crippen molar-refractivity contribution in [1.82, 2.24) is 0 Å². The highest BCUT2D eigenvalue weighted by Gasteiger charge is 2.42. The molecule has 0 radical (unpaired) electrons. The van der Waals surface area contributed by atoms with Crippen LogP contribution in [0, 0.1) is 0 Å². The molecule has 1 fully saturated rings. The Morgan fingerprint density at radius 2 is 2.06 bits per heavy atom. The van der Waals surface area contributed by atoms with Gasteiger partial charge in [0.1, 0.15) is 0 Å². The second kappa shape index (κ2) is 6.60. The van der Waals surface area contributed by atoms with Gasteiger partial charge in [-0.3, -0.25) is 0 Å². The highest BCUT2D eigenvalue weighted by atomic mass is 32.2. The van der Waals surface area contributed by atoms with Crippen LogP contribution in [0.5, 0.6) is 0 Å². The van der Waals surface area contributed by atoms with E-state index in [4.69, 9.17) is 4.74 Å². The molecule has 0 amide bonds. The maximum Gasteiger partial charge on any atom is 0.155 e. The second-order valence-electron chi connectivity index (χ2n) is 5.48. The zero-order valence-electron chi connectivity index (χ0n) is 11.9. The van der Waals surface area contributed by atoms with Crippen molar-refractivity contribution in [3.8, 4) is 0 Å². The molecule has 1 heterocycles. The lowest BCUT2D eigenvalue weighted by molar-refractivity contribution is 0.229. The summed E-state index contributed by atoms with van der Waals surface area (Å²) < 4.78 is 29.4. The Morgan fingerprint density at radius 1 is 1.33 bits per heavy atom. The minimum atomic E-state index is -2.91. The summed E-state index contributed by atoms with van der Waals surface area (Å²) in [5.41, 5.74) is 1.13. The molecule has 4 heteroatoms. The lowest BCUT2D eigenvalue weighted by Gasteiger charge is -2.36. The first kappa shape index (κ1) is 15.5. The molecule has 3 nitrogen and oxygen atoms in total. The van der Waals surface area contributed by atoms with Crippen LogP contribution >= 0.6 is 0 Å². The Labute approximate surface area is 112 Å². The van der Waals surface area contributed by atoms with Gasteiger partial charge in [-0.05, 0) is 51.5 Å². The molecule has 1 rings (SSSR count). The maximum atomic E-state index is 12.3. The predicted molar refractivity (Wildman–Crippen MR) is 75.3 cm³/mol. The molecule has 0 saturated carbocycles. The first-order chi connectivity index (χ1) is 8.43. The topological polar surface area (TPSA) is 43.4 Å². The molecule has 0 aromatic heterocycles. The van der Waals surface area contributed by atoms with Gasteiger partial charge in [-0.2, -0.15) is 0 Å². The molecular formula is C14H26O3S. The summed E-state index contributed by atoms with van der Waals surface area (Å²) in [5, 5.41) is 0. The maximum absolute atomic E-state index is 12.3. The van der Waals surface area contributed by atoms with Gasteiger partial charge in [-0.15, -0.1) is 0 Å². The zero-order chi connectivity index (χ0) is 13.6. The minimum Gasteiger partial charge on any atom is -0.501 e. The fourth-order valence-corrected chi connectivity index (χ4v) is 5.04. The number of allylic oxidation sites excluding steroid dienone is 1. The first-order valence-corrected chi connectivity index (χ1v) is 8.56. The van der Waals surface area contributed by atoms with Crippen molar-refractivity contribution in [2.75, 3.05) is 12.4 Å². The Balaban J connectivity index is 2.53. The van der Waals surface area contributed by atoms with E-state index < -0.39 is 14.6 Å². The van der Waals surface area contributed by atoms with E-state index in [1.165, 1.54) is 0 Å². The fraction of sp³-hybridized carbons (Fsp3) is 0.857. The average Bonchev–Trinajstić information content (AvgIpc) is 2.30. The van der Waals surface area contributed by atoms with Crippen LogP contribution in [0.4, 0.5) is 0 Å². The highest BCUT2D eigenvalue weighted by molar-refractivity contribution is 7.92. The van der Waals surface area contributed by atoms with E-state index in [0.717, 1.165) is 44.1 Å². The van der Waals surface area contributed by atoms with Crippen molar-refractivity contribution in [3.63, 3.8) is 0 Å². The van der Waals surface area contributed by atoms with Crippen LogP contribution in [0.1, 0.15) is 59.3 Å². The monoisotopic (exact) mass is 274 g/mol. The fourth-order valence-electron chi connectivity index (χ4n) is 2.67. The summed E-state index contributed by atoms with van der Waals surface area (Å²) in [6.45, 7) is 6.58. The normalized spacial score (nSPS) is 26.6. The third-order valence-electron chi connectivity index (χ3n) is 3.81. The molecule has 106 valence electrons. The van der Waals surface area contributed by atoms with Crippen molar-refractivity contribution in [2.24, 2.45) is 0 Å². The van der Waals surface area contributed by atoms with Gasteiger partial charge in [0.2, 0.25) is 0 Å². The smallest absolute Gasteiger partial charge is 0.155 e. The van der Waals surface area contributed by atoms with Crippen LogP contribution < -0.4 is 0 Å². The Bertz CT molecular complexity index is 380. The van der Waals surface area contributed by atoms with Crippen molar-refractivity contribution < 1.29 is 13.2 Å². The van der Waals surface area contributed by atoms with Crippen molar-refractivity contribution >= 4 is 9.84 Å². The van der Waals surface area contributed by atoms with E-state index in [-0.39, 0.29) is 0 Å². The van der Waals surface area contributed by atoms with Crippen LogP contribution in [0.25, 0.3) is 0 Å². The highest BCUT2D eigenvalue weighted by Crippen LogP contribution is 2.37. The van der Waals surface area contributed by atoms with Crippen LogP contribution in [-0.4, -0.2) is 25.5 Å². The summed E-state index contributed by atoms with van der Waals surface area (Å²) in [6, 6.07) is 0. The van der Waals surface area contributed by atoms with Gasteiger partial charge < -0.3 is 4.74 Å². The molecule has 0 spiro atoms. The molecule has 1 saturated heterocycles. The third kappa shape index (κ3) is 3.74. The van der Waals surface area contributed by atoms with E-state index in [9.17, 15) is 8.42 Å². The van der Waals surface area contributed by atoms with Gasteiger partial charge in [0.15, 0.2) is 9.84 Å². The molecule has 0 N–H and O–H groups in total. The van der Waals surface area contributed by atoms with Gasteiger partial charge in [-0.1, -0.05) is 13.3 Å². The standard InChI is InChI=1S/C14H26O3S/c1-4-14(8-5-6-11-18(14,15)16)9-7-10-17-12-13(2)3/h12H,4-11H2,1-3H3. The van der Waals surface area contributed by atoms with E-state index in [0.29, 0.717) is 12.4 Å². The van der Waals surface area contributed by atoms with Crippen molar-refractivity contribution in [3.05, 3.63) is 11.8 Å². The Kier molecular flexibility index (Phi) is 5.70. The number of hydrogen-bond acceptors (Lipinski definition) is 3. The van der Waals surface area contributed by atoms with Gasteiger partial charge in [0.25, 0.3) is 0 Å². The van der Waals surface area contributed by atoms with Gasteiger partial charge in [-0.25, -0.2) is 8.42 Å². The molecule has 1 atom stereocenters. The third-order valence-corrected chi connectivity index (χ3v) is 6.66. The number of sulfone groups is 1. The zero-order valence-corrected chi connectivity index (χ0v) is 12.7. The largest absolute Gasteiger partial charge is 0.501 e. The Hall–Kier alpha value is -0.510. The molecule has 0 aliphatic carbocycles. The molecular weight excluding hydrogens is 248 g/mol. The molecule has 18 heavy (non-hydrogen) atoms.